The van der Waals surface area contributed by atoms with Gasteiger partial charge in [-0.1, -0.05) is 203 Å². The van der Waals surface area contributed by atoms with Crippen molar-refractivity contribution in [2.24, 2.45) is 0 Å². The summed E-state index contributed by atoms with van der Waals surface area (Å²) in [5.41, 5.74) is 31.1. The summed E-state index contributed by atoms with van der Waals surface area (Å²) in [4.78, 5) is 7.74. The highest BCUT2D eigenvalue weighted by atomic mass is 15.2. The molecule has 0 spiro atoms. The van der Waals surface area contributed by atoms with Crippen LogP contribution in [0.1, 0.15) is 108 Å². The molecule has 0 N–H and O–H groups in total. The van der Waals surface area contributed by atoms with E-state index in [9.17, 15) is 0 Å². The molecule has 4 aliphatic rings. The van der Waals surface area contributed by atoms with Crippen LogP contribution in [-0.4, -0.2) is 6.71 Å². The lowest BCUT2D eigenvalue weighted by Crippen LogP contribution is -2.61. The van der Waals surface area contributed by atoms with Crippen LogP contribution in [0.2, 0.25) is 0 Å². The summed E-state index contributed by atoms with van der Waals surface area (Å²) >= 11 is 0. The lowest BCUT2D eigenvalue weighted by Gasteiger charge is -2.45. The second-order valence-corrected chi connectivity index (χ2v) is 25.9. The van der Waals surface area contributed by atoms with Gasteiger partial charge in [-0.25, -0.2) is 0 Å². The van der Waals surface area contributed by atoms with Crippen LogP contribution in [-0.2, 0) is 21.7 Å². The van der Waals surface area contributed by atoms with E-state index in [1.165, 1.54) is 117 Å². The maximum atomic E-state index is 2.62. The molecule has 0 aromatic heterocycles. The van der Waals surface area contributed by atoms with Gasteiger partial charge in [0.05, 0.1) is 5.69 Å². The fraction of sp³-hybridized carbons (Fsp3) is 0.200. The molecule has 4 heteroatoms. The van der Waals surface area contributed by atoms with Crippen LogP contribution in [0, 0.1) is 6.92 Å². The molecule has 14 rings (SSSR count). The summed E-state index contributed by atoms with van der Waals surface area (Å²) < 4.78 is 0. The zero-order chi connectivity index (χ0) is 54.5. The third kappa shape index (κ3) is 7.47. The third-order valence-electron chi connectivity index (χ3n) is 18.2. The number of hydrogen-bond acceptors (Lipinski definition) is 3. The van der Waals surface area contributed by atoms with Crippen LogP contribution in [0.3, 0.4) is 0 Å². The first-order valence-electron chi connectivity index (χ1n) is 28.4. The number of nitrogens with zero attached hydrogens (tertiary/aromatic N) is 3. The fourth-order valence-electron chi connectivity index (χ4n) is 14.0. The Kier molecular flexibility index (Phi) is 10.7. The zero-order valence-corrected chi connectivity index (χ0v) is 47.6. The van der Waals surface area contributed by atoms with Gasteiger partial charge in [0.25, 0.3) is 6.71 Å². The largest absolute Gasteiger partial charge is 0.311 e. The molecule has 0 bridgehead atoms. The minimum atomic E-state index is -0.185. The van der Waals surface area contributed by atoms with Crippen molar-refractivity contribution in [3.05, 3.63) is 251 Å². The number of rotatable bonds is 6. The van der Waals surface area contributed by atoms with Crippen molar-refractivity contribution in [1.29, 1.82) is 0 Å². The van der Waals surface area contributed by atoms with Crippen molar-refractivity contribution in [3.63, 3.8) is 0 Å². The molecule has 386 valence electrons. The summed E-state index contributed by atoms with van der Waals surface area (Å²) in [5.74, 6) is 0. The normalized spacial score (nSPS) is 14.9. The molecule has 2 heterocycles. The minimum Gasteiger partial charge on any atom is -0.311 e. The Morgan fingerprint density at radius 3 is 1.41 bits per heavy atom. The first kappa shape index (κ1) is 49.0. The Balaban J connectivity index is 1.04. The van der Waals surface area contributed by atoms with Gasteiger partial charge in [-0.05, 0) is 180 Å². The molecule has 0 fully saturated rings. The third-order valence-corrected chi connectivity index (χ3v) is 18.2. The maximum Gasteiger partial charge on any atom is 0.252 e. The van der Waals surface area contributed by atoms with Crippen molar-refractivity contribution in [1.82, 2.24) is 0 Å². The summed E-state index contributed by atoms with van der Waals surface area (Å²) in [7, 11) is 0. The van der Waals surface area contributed by atoms with Gasteiger partial charge in [-0.15, -0.1) is 0 Å². The standard InChI is InChI=1S/C75H68BN3/c1-47-40-69-71-70(41-47)79(53-33-36-58-56-27-19-21-29-61(56)75(10,11)63(58)45-53)68-46-54(77(51-24-16-13-17-25-51)66-39-31-49(72(2,3)4)42-59(66)48-22-14-12-15-23-48)34-38-65(68)76(71)64-37-30-50(73(5,6)7)43-67(64)78(69)52-32-35-57-55-26-18-20-28-60(55)74(8,9)62(57)44-52/h12-46H,1-11H3. The summed E-state index contributed by atoms with van der Waals surface area (Å²) in [6, 6.07) is 81.3. The van der Waals surface area contributed by atoms with Gasteiger partial charge in [0.1, 0.15) is 0 Å². The van der Waals surface area contributed by atoms with Gasteiger partial charge in [-0.2, -0.15) is 0 Å². The SMILES string of the molecule is Cc1cc2c3c(c1)N(c1ccc4c(c1)C(C)(C)c1ccccc1-4)c1cc(C(C)(C)C)ccc1B3c1ccc(N(c3ccccc3)c3ccc(C(C)(C)C)cc3-c3ccccc3)cc1N2c1ccc2c(c1)C(C)(C)c1ccccc1-2. The Bertz CT molecular complexity index is 4130. The molecule has 0 radical (unpaired) electrons. The van der Waals surface area contributed by atoms with E-state index in [2.05, 4.69) is 303 Å². The zero-order valence-electron chi connectivity index (χ0n) is 47.6. The summed E-state index contributed by atoms with van der Waals surface area (Å²) in [6.07, 6.45) is 0. The van der Waals surface area contributed by atoms with E-state index in [0.29, 0.717) is 0 Å². The van der Waals surface area contributed by atoms with E-state index in [-0.39, 0.29) is 28.4 Å². The molecular weight excluding hydrogens is 954 g/mol. The minimum absolute atomic E-state index is 0.0371. The van der Waals surface area contributed by atoms with Crippen LogP contribution in [0.25, 0.3) is 33.4 Å². The quantitative estimate of drug-likeness (QED) is 0.154. The van der Waals surface area contributed by atoms with Crippen molar-refractivity contribution in [2.75, 3.05) is 14.7 Å². The van der Waals surface area contributed by atoms with Gasteiger partial charge in [0.2, 0.25) is 0 Å². The van der Waals surface area contributed by atoms with Crippen molar-refractivity contribution >= 4 is 74.3 Å². The molecule has 0 amide bonds. The monoisotopic (exact) mass is 1020 g/mol. The van der Waals surface area contributed by atoms with E-state index in [4.69, 9.17) is 0 Å². The van der Waals surface area contributed by atoms with E-state index in [0.717, 1.165) is 22.7 Å². The lowest BCUT2D eigenvalue weighted by molar-refractivity contribution is 0.590. The van der Waals surface area contributed by atoms with Gasteiger partial charge in [-0.3, -0.25) is 0 Å². The summed E-state index contributed by atoms with van der Waals surface area (Å²) in [6.45, 7) is 25.8. The van der Waals surface area contributed by atoms with Gasteiger partial charge in [0, 0.05) is 61.9 Å². The second kappa shape index (κ2) is 17.3. The first-order chi connectivity index (χ1) is 37.9. The number of fused-ring (bicyclic) bond motifs is 10. The Morgan fingerprint density at radius 2 is 0.848 bits per heavy atom. The number of benzene rings is 10. The Labute approximate surface area is 468 Å². The average molecular weight is 1020 g/mol. The maximum absolute atomic E-state index is 2.62. The van der Waals surface area contributed by atoms with Crippen LogP contribution in [0.4, 0.5) is 51.2 Å². The van der Waals surface area contributed by atoms with Gasteiger partial charge >= 0.3 is 0 Å². The first-order valence-corrected chi connectivity index (χ1v) is 28.4. The highest BCUT2D eigenvalue weighted by molar-refractivity contribution is 7.00. The Morgan fingerprint density at radius 1 is 0.380 bits per heavy atom. The Hall–Kier alpha value is -8.34. The highest BCUT2D eigenvalue weighted by Crippen LogP contribution is 2.55. The predicted octanol–water partition coefficient (Wildman–Crippen LogP) is 18.4. The smallest absolute Gasteiger partial charge is 0.252 e. The molecule has 0 unspecified atom stereocenters. The molecule has 2 aliphatic carbocycles. The van der Waals surface area contributed by atoms with Crippen LogP contribution in [0.15, 0.2) is 212 Å². The van der Waals surface area contributed by atoms with Gasteiger partial charge < -0.3 is 14.7 Å². The van der Waals surface area contributed by atoms with Crippen LogP contribution >= 0.6 is 0 Å². The molecule has 0 atom stereocenters. The van der Waals surface area contributed by atoms with Crippen molar-refractivity contribution in [2.45, 2.75) is 97.8 Å². The molecular formula is C75H68BN3. The van der Waals surface area contributed by atoms with Crippen molar-refractivity contribution in [3.8, 4) is 33.4 Å². The lowest BCUT2D eigenvalue weighted by atomic mass is 9.33. The molecule has 3 nitrogen and oxygen atoms in total. The number of anilines is 9. The average Bonchev–Trinajstić information content (AvgIpc) is 4.00. The molecule has 79 heavy (non-hydrogen) atoms. The van der Waals surface area contributed by atoms with Crippen LogP contribution < -0.4 is 31.1 Å². The number of hydrogen-bond donors (Lipinski definition) is 0. The predicted molar refractivity (Wildman–Crippen MR) is 338 cm³/mol. The molecule has 0 saturated carbocycles. The van der Waals surface area contributed by atoms with E-state index >= 15 is 0 Å². The number of para-hydroxylation sites is 1. The van der Waals surface area contributed by atoms with Gasteiger partial charge in [0.15, 0.2) is 0 Å². The fourth-order valence-corrected chi connectivity index (χ4v) is 14.0. The van der Waals surface area contributed by atoms with E-state index in [1.807, 2.05) is 0 Å². The molecule has 2 aliphatic heterocycles. The highest BCUT2D eigenvalue weighted by Gasteiger charge is 2.46. The molecule has 0 saturated heterocycles. The second-order valence-electron chi connectivity index (χ2n) is 25.9. The van der Waals surface area contributed by atoms with Crippen molar-refractivity contribution < 1.29 is 0 Å². The van der Waals surface area contributed by atoms with Crippen LogP contribution in [0.5, 0.6) is 0 Å². The number of aryl methyl sites for hydroxylation is 1. The van der Waals surface area contributed by atoms with E-state index < -0.39 is 0 Å². The van der Waals surface area contributed by atoms with E-state index in [1.54, 1.807) is 0 Å². The summed E-state index contributed by atoms with van der Waals surface area (Å²) in [5, 5.41) is 0. The molecule has 10 aromatic carbocycles. The topological polar surface area (TPSA) is 9.72 Å². The molecule has 10 aromatic rings.